The van der Waals surface area contributed by atoms with Crippen molar-refractivity contribution in [2.75, 3.05) is 6.54 Å². The number of hydrogen-bond acceptors (Lipinski definition) is 4. The van der Waals surface area contributed by atoms with Gasteiger partial charge < -0.3 is 4.74 Å². The number of ether oxygens (including phenoxy) is 1. The highest BCUT2D eigenvalue weighted by atomic mass is 16.5. The molecule has 5 heteroatoms. The fraction of sp³-hybridized carbons (Fsp3) is 0.609. The first-order valence-electron chi connectivity index (χ1n) is 10.8. The lowest BCUT2D eigenvalue weighted by molar-refractivity contribution is -0.141. The van der Waals surface area contributed by atoms with Crippen molar-refractivity contribution in [3.05, 3.63) is 29.8 Å². The summed E-state index contributed by atoms with van der Waals surface area (Å²) in [4.78, 5) is 38.4. The van der Waals surface area contributed by atoms with Crippen molar-refractivity contribution in [3.8, 4) is 5.75 Å². The minimum atomic E-state index is -0.402. The third-order valence-electron chi connectivity index (χ3n) is 6.66. The summed E-state index contributed by atoms with van der Waals surface area (Å²) in [6.45, 7) is 0.129. The summed E-state index contributed by atoms with van der Waals surface area (Å²) < 4.78 is 5.42. The molecule has 1 aromatic carbocycles. The van der Waals surface area contributed by atoms with E-state index in [2.05, 4.69) is 12.1 Å². The van der Waals surface area contributed by atoms with E-state index in [4.69, 9.17) is 4.74 Å². The molecule has 4 rings (SSSR count). The molecule has 28 heavy (non-hydrogen) atoms. The molecule has 150 valence electrons. The van der Waals surface area contributed by atoms with Gasteiger partial charge in [-0.1, -0.05) is 44.2 Å². The summed E-state index contributed by atoms with van der Waals surface area (Å²) in [6.07, 6.45) is 10.0. The number of hydrogen-bond donors (Lipinski definition) is 0. The van der Waals surface area contributed by atoms with Gasteiger partial charge >= 0.3 is 5.97 Å². The average molecular weight is 383 g/mol. The molecule has 2 atom stereocenters. The van der Waals surface area contributed by atoms with Crippen LogP contribution >= 0.6 is 0 Å². The minimum absolute atomic E-state index is 0.0430. The Balaban J connectivity index is 1.28. The van der Waals surface area contributed by atoms with Gasteiger partial charge in [-0.25, -0.2) is 0 Å². The molecule has 1 saturated heterocycles. The van der Waals surface area contributed by atoms with E-state index in [1.807, 2.05) is 12.1 Å². The molecule has 0 aromatic heterocycles. The summed E-state index contributed by atoms with van der Waals surface area (Å²) in [6, 6.07) is 7.80. The van der Waals surface area contributed by atoms with Gasteiger partial charge in [-0.15, -0.1) is 0 Å². The Morgan fingerprint density at radius 2 is 1.43 bits per heavy atom. The van der Waals surface area contributed by atoms with E-state index >= 15 is 0 Å². The Morgan fingerprint density at radius 3 is 2.04 bits per heavy atom. The lowest BCUT2D eigenvalue weighted by Gasteiger charge is -2.22. The van der Waals surface area contributed by atoms with Crippen LogP contribution < -0.4 is 4.74 Å². The maximum absolute atomic E-state index is 12.5. The number of rotatable bonds is 5. The van der Waals surface area contributed by atoms with Crippen LogP contribution in [0.5, 0.6) is 5.75 Å². The second kappa shape index (κ2) is 8.46. The van der Waals surface area contributed by atoms with Gasteiger partial charge in [0, 0.05) is 6.54 Å². The number of carbonyl (C=O) groups is 3. The molecular formula is C23H29NO4. The Morgan fingerprint density at radius 1 is 0.857 bits per heavy atom. The lowest BCUT2D eigenvalue weighted by atomic mass is 9.81. The second-order valence-corrected chi connectivity index (χ2v) is 8.45. The van der Waals surface area contributed by atoms with Crippen molar-refractivity contribution in [1.29, 1.82) is 0 Å². The maximum Gasteiger partial charge on any atom is 0.312 e. The quantitative estimate of drug-likeness (QED) is 0.434. The first kappa shape index (κ1) is 19.2. The summed E-state index contributed by atoms with van der Waals surface area (Å²) in [5.74, 6) is 0.222. The summed E-state index contributed by atoms with van der Waals surface area (Å²) in [7, 11) is 0. The fourth-order valence-electron chi connectivity index (χ4n) is 5.08. The maximum atomic E-state index is 12.5. The van der Waals surface area contributed by atoms with E-state index in [1.54, 1.807) is 0 Å². The van der Waals surface area contributed by atoms with Crippen molar-refractivity contribution in [2.45, 2.75) is 70.1 Å². The van der Waals surface area contributed by atoms with Gasteiger partial charge in [-0.2, -0.15) is 0 Å². The Kier molecular flexibility index (Phi) is 5.79. The molecule has 3 aliphatic rings. The first-order valence-corrected chi connectivity index (χ1v) is 10.8. The zero-order chi connectivity index (χ0) is 19.5. The van der Waals surface area contributed by atoms with Crippen LogP contribution in [0.25, 0.3) is 0 Å². The molecule has 1 aliphatic heterocycles. The molecule has 0 unspecified atom stereocenters. The Labute approximate surface area is 166 Å². The molecule has 2 saturated carbocycles. The van der Waals surface area contributed by atoms with Crippen LogP contribution in [0.15, 0.2) is 24.3 Å². The van der Waals surface area contributed by atoms with E-state index in [9.17, 15) is 14.4 Å². The lowest BCUT2D eigenvalue weighted by Crippen LogP contribution is -2.33. The molecule has 3 fully saturated rings. The van der Waals surface area contributed by atoms with Gasteiger partial charge in [0.15, 0.2) is 0 Å². The molecule has 0 spiro atoms. The zero-order valence-electron chi connectivity index (χ0n) is 16.4. The van der Waals surface area contributed by atoms with Crippen LogP contribution in [-0.4, -0.2) is 29.2 Å². The van der Waals surface area contributed by atoms with Crippen LogP contribution in [0.1, 0.15) is 75.7 Å². The number of likely N-dealkylation sites (tertiary alicyclic amines) is 1. The van der Waals surface area contributed by atoms with E-state index in [1.165, 1.54) is 42.6 Å². The Hall–Kier alpha value is -2.17. The number of imide groups is 1. The average Bonchev–Trinajstić information content (AvgIpc) is 2.98. The van der Waals surface area contributed by atoms with Crippen LogP contribution in [0.4, 0.5) is 0 Å². The van der Waals surface area contributed by atoms with Crippen molar-refractivity contribution in [1.82, 2.24) is 4.90 Å². The van der Waals surface area contributed by atoms with Crippen molar-refractivity contribution in [2.24, 2.45) is 11.8 Å². The van der Waals surface area contributed by atoms with Crippen molar-refractivity contribution >= 4 is 17.8 Å². The molecule has 0 radical (unpaired) electrons. The van der Waals surface area contributed by atoms with Gasteiger partial charge in [0.2, 0.25) is 11.8 Å². The Bertz CT molecular complexity index is 711. The van der Waals surface area contributed by atoms with E-state index in [0.717, 1.165) is 25.7 Å². The number of fused-ring (bicyclic) bond motifs is 1. The highest BCUT2D eigenvalue weighted by Gasteiger charge is 2.47. The predicted molar refractivity (Wildman–Crippen MR) is 105 cm³/mol. The summed E-state index contributed by atoms with van der Waals surface area (Å²) in [5, 5.41) is 0. The first-order chi connectivity index (χ1) is 13.6. The van der Waals surface area contributed by atoms with Crippen LogP contribution in [0.2, 0.25) is 0 Å². The summed E-state index contributed by atoms with van der Waals surface area (Å²) in [5.41, 5.74) is 1.32. The smallest absolute Gasteiger partial charge is 0.312 e. The molecule has 0 N–H and O–H groups in total. The predicted octanol–water partition coefficient (Wildman–Crippen LogP) is 4.21. The SMILES string of the molecule is O=C(CCN1C(=O)[C@H]2CCCC[C@@H]2C1=O)Oc1ccc(C2CCCCC2)cc1. The molecular weight excluding hydrogens is 354 g/mol. The number of nitrogens with zero attached hydrogens (tertiary/aromatic N) is 1. The molecule has 0 bridgehead atoms. The second-order valence-electron chi connectivity index (χ2n) is 8.45. The van der Waals surface area contributed by atoms with Crippen molar-refractivity contribution < 1.29 is 19.1 Å². The van der Waals surface area contributed by atoms with Crippen LogP contribution in [0.3, 0.4) is 0 Å². The number of esters is 1. The summed E-state index contributed by atoms with van der Waals surface area (Å²) >= 11 is 0. The van der Waals surface area contributed by atoms with E-state index < -0.39 is 5.97 Å². The van der Waals surface area contributed by atoms with Crippen LogP contribution in [-0.2, 0) is 14.4 Å². The number of carbonyl (C=O) groups excluding carboxylic acids is 3. The van der Waals surface area contributed by atoms with Gasteiger partial charge in [0.05, 0.1) is 18.3 Å². The van der Waals surface area contributed by atoms with E-state index in [-0.39, 0.29) is 36.6 Å². The van der Waals surface area contributed by atoms with Gasteiger partial charge in [-0.05, 0) is 49.3 Å². The number of benzene rings is 1. The van der Waals surface area contributed by atoms with E-state index in [0.29, 0.717) is 11.7 Å². The highest BCUT2D eigenvalue weighted by molar-refractivity contribution is 6.05. The third-order valence-corrected chi connectivity index (χ3v) is 6.66. The molecule has 1 aromatic rings. The highest BCUT2D eigenvalue weighted by Crippen LogP contribution is 2.38. The normalized spacial score (nSPS) is 25.6. The zero-order valence-corrected chi connectivity index (χ0v) is 16.4. The largest absolute Gasteiger partial charge is 0.426 e. The topological polar surface area (TPSA) is 63.7 Å². The number of amides is 2. The third kappa shape index (κ3) is 3.98. The molecule has 2 amide bonds. The minimum Gasteiger partial charge on any atom is -0.426 e. The van der Waals surface area contributed by atoms with Gasteiger partial charge in [0.25, 0.3) is 0 Å². The van der Waals surface area contributed by atoms with Gasteiger partial charge in [-0.3, -0.25) is 19.3 Å². The van der Waals surface area contributed by atoms with Crippen molar-refractivity contribution in [3.63, 3.8) is 0 Å². The van der Waals surface area contributed by atoms with Crippen LogP contribution in [0, 0.1) is 11.8 Å². The molecule has 1 heterocycles. The standard InChI is InChI=1S/C23H29NO4/c25-21(14-15-24-22(26)19-8-4-5-9-20(19)23(24)27)28-18-12-10-17(11-13-18)16-6-2-1-3-7-16/h10-13,16,19-20H,1-9,14-15H2/t19-,20-/m0/s1. The fourth-order valence-corrected chi connectivity index (χ4v) is 5.08. The molecule has 5 nitrogen and oxygen atoms in total. The molecule has 2 aliphatic carbocycles. The van der Waals surface area contributed by atoms with Gasteiger partial charge in [0.1, 0.15) is 5.75 Å². The monoisotopic (exact) mass is 383 g/mol.